The molecule has 0 amide bonds. The van der Waals surface area contributed by atoms with E-state index in [1.54, 1.807) is 11.3 Å². The van der Waals surface area contributed by atoms with E-state index < -0.39 is 6.51 Å². The second kappa shape index (κ2) is 0.721. The summed E-state index contributed by atoms with van der Waals surface area (Å²) < 4.78 is 0.423. The molecular weight excluding hydrogens is 308 g/mol. The summed E-state index contributed by atoms with van der Waals surface area (Å²) in [6, 6.07) is 4.22. The number of ketones is 1. The van der Waals surface area contributed by atoms with Gasteiger partial charge in [0.15, 0.2) is 0 Å². The van der Waals surface area contributed by atoms with Crippen LogP contribution in [0, 0.1) is 0 Å². The summed E-state index contributed by atoms with van der Waals surface area (Å²) in [5.74, 6) is 0.650. The van der Waals surface area contributed by atoms with Crippen LogP contribution in [0.4, 0.5) is 0 Å². The molecule has 20 heavy (non-hydrogen) atoms. The van der Waals surface area contributed by atoms with Gasteiger partial charge >= 0.3 is 111 Å². The van der Waals surface area contributed by atoms with E-state index >= 15 is 0 Å². The maximum atomic E-state index is 13.3. The molecule has 0 aliphatic carbocycles. The van der Waals surface area contributed by atoms with Crippen LogP contribution < -0.4 is 0 Å². The van der Waals surface area contributed by atoms with Gasteiger partial charge in [0.1, 0.15) is 0 Å². The van der Waals surface area contributed by atoms with Crippen molar-refractivity contribution >= 4 is 23.2 Å². The average Bonchev–Trinajstić information content (AvgIpc) is 3.38. The quantitative estimate of drug-likeness (QED) is 0.559. The minimum atomic E-state index is -3.16. The number of fused-ring (bicyclic) bond motifs is 10. The van der Waals surface area contributed by atoms with E-state index in [9.17, 15) is 4.79 Å². The molecule has 10 aliphatic heterocycles. The van der Waals surface area contributed by atoms with E-state index in [0.717, 1.165) is 9.63 Å². The van der Waals surface area contributed by atoms with Crippen molar-refractivity contribution in [2.45, 2.75) is 47.7 Å². The molecule has 11 heterocycles. The summed E-state index contributed by atoms with van der Waals surface area (Å²) in [5.41, 5.74) is 0. The van der Waals surface area contributed by atoms with Crippen molar-refractivity contribution in [1.82, 2.24) is 0 Å². The van der Waals surface area contributed by atoms with E-state index in [1.165, 1.54) is 38.6 Å². The molecule has 10 fully saturated rings. The van der Waals surface area contributed by atoms with Gasteiger partial charge in [0.25, 0.3) is 0 Å². The predicted octanol–water partition coefficient (Wildman–Crippen LogP) is 5.09. The Labute approximate surface area is 110 Å². The first-order valence-electron chi connectivity index (χ1n) is 8.02. The van der Waals surface area contributed by atoms with E-state index in [-0.39, 0.29) is 0 Å². The number of thiophene rings is 1. The Kier molecular flexibility index (Phi) is 0.280. The molecule has 1 spiro atoms. The van der Waals surface area contributed by atoms with Crippen LogP contribution in [0.15, 0.2) is 23.6 Å². The number of hydrogen-bond donors (Lipinski definition) is 0. The van der Waals surface area contributed by atoms with Gasteiger partial charge in [-0.1, -0.05) is 0 Å². The third-order valence-electron chi connectivity index (χ3n) is 16.0. The molecule has 4 atom stereocenters. The first-order valence-corrected chi connectivity index (χ1v) is 15.2. The molecule has 102 valence electrons. The van der Waals surface area contributed by atoms with Gasteiger partial charge in [0.05, 0.1) is 0 Å². The van der Waals surface area contributed by atoms with Gasteiger partial charge in [-0.05, 0) is 0 Å². The Balaban J connectivity index is 1.29. The van der Waals surface area contributed by atoms with Crippen LogP contribution in [0.5, 0.6) is 0 Å². The molecule has 0 radical (unpaired) electrons. The predicted molar refractivity (Wildman–Crippen MR) is 74.8 cm³/mol. The molecule has 0 saturated carbocycles. The number of carbonyl (C=O) groups is 1. The minimum absolute atomic E-state index is 0.423. The molecule has 1 nitrogen and oxygen atoms in total. The Hall–Kier alpha value is -0.371. The van der Waals surface area contributed by atoms with Crippen LogP contribution in [0.3, 0.4) is 0 Å². The van der Waals surface area contributed by atoms with Gasteiger partial charge in [-0.15, -0.1) is 0 Å². The van der Waals surface area contributed by atoms with Crippen LogP contribution in [0.2, 0.25) is 47.7 Å². The third kappa shape index (κ3) is 0.0917. The van der Waals surface area contributed by atoms with Crippen molar-refractivity contribution < 1.29 is 11.3 Å². The van der Waals surface area contributed by atoms with E-state index in [2.05, 4.69) is 23.6 Å². The molecule has 1 aromatic rings. The van der Waals surface area contributed by atoms with Crippen LogP contribution in [0.25, 0.3) is 6.08 Å². The fourth-order valence-electron chi connectivity index (χ4n) is 17.5. The Morgan fingerprint density at radius 3 is 2.15 bits per heavy atom. The summed E-state index contributed by atoms with van der Waals surface area (Å²) in [5, 5.41) is 2.11. The monoisotopic (exact) mass is 322 g/mol. The van der Waals surface area contributed by atoms with Gasteiger partial charge in [-0.3, -0.25) is 0 Å². The molecular formula is C17H14FeOS. The van der Waals surface area contributed by atoms with Crippen LogP contribution in [0.1, 0.15) is 4.88 Å². The molecule has 0 N–H and O–H groups in total. The Morgan fingerprint density at radius 1 is 1.10 bits per heavy atom. The zero-order valence-electron chi connectivity index (χ0n) is 10.8. The van der Waals surface area contributed by atoms with Crippen LogP contribution >= 0.6 is 11.3 Å². The second-order valence-corrected chi connectivity index (χ2v) is 35.9. The standard InChI is InChI=1S/C12H9OS.C5H5.Fe/c13-12(10-4-1-2-5-10)8-7-11-6-3-9-14-11;1-2-4-5-3-1;/h1-9H;1-5H;. The van der Waals surface area contributed by atoms with Gasteiger partial charge in [-0.25, -0.2) is 0 Å². The molecule has 3 heteroatoms. The van der Waals surface area contributed by atoms with Crippen molar-refractivity contribution in [1.29, 1.82) is 0 Å². The van der Waals surface area contributed by atoms with E-state index in [0.29, 0.717) is 10.1 Å². The van der Waals surface area contributed by atoms with Crippen molar-refractivity contribution in [3.63, 3.8) is 0 Å². The fraction of sp³-hybridized carbons (Fsp3) is 0.588. The molecule has 0 aromatic carbocycles. The van der Waals surface area contributed by atoms with Gasteiger partial charge in [-0.2, -0.15) is 0 Å². The zero-order chi connectivity index (χ0) is 12.4. The topological polar surface area (TPSA) is 17.1 Å². The molecule has 11 rings (SSSR count). The average molecular weight is 322 g/mol. The number of allylic oxidation sites excluding steroid dienone is 1. The van der Waals surface area contributed by atoms with Gasteiger partial charge in [0, 0.05) is 0 Å². The summed E-state index contributed by atoms with van der Waals surface area (Å²) >= 11 is 1.75. The van der Waals surface area contributed by atoms with Crippen LogP contribution in [-0.2, 0) is 11.3 Å². The summed E-state index contributed by atoms with van der Waals surface area (Å²) in [7, 11) is 0. The Bertz CT molecular complexity index is 1160. The summed E-state index contributed by atoms with van der Waals surface area (Å²) in [6.45, 7) is -3.16. The first kappa shape index (κ1) is 7.76. The normalized spacial score (nSPS) is 103. The van der Waals surface area contributed by atoms with Crippen molar-refractivity contribution in [2.75, 3.05) is 0 Å². The SMILES string of the molecule is O=C(C=Cc1cccs1)[C]12[CH]3[CH]4[CH]5[CH]1[Fe]45321678[CH]2[CH]1[CH]6[CH]7[CH]28. The van der Waals surface area contributed by atoms with E-state index in [4.69, 9.17) is 0 Å². The van der Waals surface area contributed by atoms with E-state index in [1.807, 2.05) is 6.08 Å². The molecule has 0 bridgehead atoms. The van der Waals surface area contributed by atoms with Crippen molar-refractivity contribution in [3.8, 4) is 0 Å². The van der Waals surface area contributed by atoms with Gasteiger partial charge < -0.3 is 0 Å². The molecule has 1 aromatic heterocycles. The number of rotatable bonds is 3. The molecule has 4 unspecified atom stereocenters. The summed E-state index contributed by atoms with van der Waals surface area (Å²) in [6.07, 6.45) is 4.16. The first-order chi connectivity index (χ1) is 9.54. The molecule has 10 saturated heterocycles. The Morgan fingerprint density at radius 2 is 1.75 bits per heavy atom. The van der Waals surface area contributed by atoms with Crippen LogP contribution in [-0.4, -0.2) is 5.78 Å². The zero-order valence-corrected chi connectivity index (χ0v) is 12.7. The molecule has 10 aliphatic rings. The second-order valence-electron chi connectivity index (χ2n) is 11.4. The third-order valence-corrected chi connectivity index (χ3v) is 59.2. The van der Waals surface area contributed by atoms with Crippen molar-refractivity contribution in [2.24, 2.45) is 0 Å². The number of hydrogen-bond acceptors (Lipinski definition) is 2. The maximum absolute atomic E-state index is 13.3. The van der Waals surface area contributed by atoms with Gasteiger partial charge in [0.2, 0.25) is 0 Å². The van der Waals surface area contributed by atoms with Crippen molar-refractivity contribution in [3.05, 3.63) is 28.5 Å². The number of carbonyl (C=O) groups excluding carboxylic acids is 1. The fourth-order valence-corrected chi connectivity index (χ4v) is 92.0. The summed E-state index contributed by atoms with van der Waals surface area (Å²) in [4.78, 5) is 25.6.